The maximum atomic E-state index is 6.12. The lowest BCUT2D eigenvalue weighted by atomic mass is 9.97. The maximum Gasteiger partial charge on any atom is 0.164 e. The second-order valence-electron chi connectivity index (χ2n) is 14.3. The third-order valence-electron chi connectivity index (χ3n) is 11.1. The number of rotatable bonds is 4. The zero-order valence-corrected chi connectivity index (χ0v) is 29.9. The Bertz CT molecular complexity index is 3540. The van der Waals surface area contributed by atoms with Crippen molar-refractivity contribution >= 4 is 76.1 Å². The Morgan fingerprint density at radius 3 is 1.95 bits per heavy atom. The Labute approximate surface area is 320 Å². The van der Waals surface area contributed by atoms with Crippen molar-refractivity contribution in [2.24, 2.45) is 0 Å². The van der Waals surface area contributed by atoms with Crippen LogP contribution in [0, 0.1) is 0 Å². The molecule has 0 spiro atoms. The Balaban J connectivity index is 1.07. The molecule has 0 saturated carbocycles. The summed E-state index contributed by atoms with van der Waals surface area (Å²) < 4.78 is 8.50. The Kier molecular flexibility index (Phi) is 6.53. The summed E-state index contributed by atoms with van der Waals surface area (Å²) in [5, 5.41) is 11.5. The summed E-state index contributed by atoms with van der Waals surface area (Å²) in [5.41, 5.74) is 7.70. The van der Waals surface area contributed by atoms with Crippen LogP contribution >= 0.6 is 0 Å². The highest BCUT2D eigenvalue weighted by molar-refractivity contribution is 6.18. The van der Waals surface area contributed by atoms with Gasteiger partial charge in [-0.3, -0.25) is 4.98 Å². The highest BCUT2D eigenvalue weighted by atomic mass is 16.3. The van der Waals surface area contributed by atoms with Gasteiger partial charge in [0, 0.05) is 55.5 Å². The van der Waals surface area contributed by atoms with E-state index in [0.29, 0.717) is 17.5 Å². The fraction of sp³-hybridized carbons (Fsp3) is 0. The number of furan rings is 1. The molecule has 4 heterocycles. The largest absolute Gasteiger partial charge is 0.454 e. The Morgan fingerprint density at radius 1 is 0.411 bits per heavy atom. The summed E-state index contributed by atoms with van der Waals surface area (Å²) >= 11 is 0. The van der Waals surface area contributed by atoms with Crippen LogP contribution in [0.5, 0.6) is 0 Å². The first-order valence-electron chi connectivity index (χ1n) is 18.7. The van der Waals surface area contributed by atoms with Crippen LogP contribution in [0.25, 0.3) is 116 Å². The van der Waals surface area contributed by atoms with Gasteiger partial charge in [-0.15, -0.1) is 0 Å². The molecule has 0 aliphatic rings. The fourth-order valence-electron chi connectivity index (χ4n) is 8.52. The standard InChI is InChI=1S/C50H29N5O/c1-4-12-36-30(9-1)19-23-41-39-15-7-8-16-44(39)55(47(36)41)34-21-17-31(18-22-34)48-52-49(33-20-24-45-42(28-33)40-25-26-51-29-46(40)56-45)54-50(53-48)43-27-32-10-2-3-11-35(32)37-13-5-6-14-38(37)43/h1-29H. The fourth-order valence-corrected chi connectivity index (χ4v) is 8.52. The highest BCUT2D eigenvalue weighted by Crippen LogP contribution is 2.39. The van der Waals surface area contributed by atoms with E-state index in [1.807, 2.05) is 18.2 Å². The molecule has 0 bridgehead atoms. The molecule has 0 fully saturated rings. The number of pyridine rings is 1. The molecule has 0 atom stereocenters. The minimum atomic E-state index is 0.588. The molecule has 56 heavy (non-hydrogen) atoms. The number of nitrogens with zero attached hydrogens (tertiary/aromatic N) is 5. The van der Waals surface area contributed by atoms with Gasteiger partial charge in [-0.05, 0) is 87.6 Å². The van der Waals surface area contributed by atoms with Gasteiger partial charge in [-0.25, -0.2) is 15.0 Å². The molecule has 260 valence electrons. The van der Waals surface area contributed by atoms with Gasteiger partial charge in [-0.2, -0.15) is 0 Å². The lowest BCUT2D eigenvalue weighted by Gasteiger charge is -2.13. The number of hydrogen-bond donors (Lipinski definition) is 0. The van der Waals surface area contributed by atoms with E-state index in [0.717, 1.165) is 66.0 Å². The minimum absolute atomic E-state index is 0.588. The highest BCUT2D eigenvalue weighted by Gasteiger charge is 2.19. The lowest BCUT2D eigenvalue weighted by Crippen LogP contribution is -2.01. The monoisotopic (exact) mass is 715 g/mol. The molecule has 0 saturated heterocycles. The Morgan fingerprint density at radius 2 is 1.09 bits per heavy atom. The molecule has 6 nitrogen and oxygen atoms in total. The second kappa shape index (κ2) is 11.9. The summed E-state index contributed by atoms with van der Waals surface area (Å²) in [6, 6.07) is 57.6. The first-order chi connectivity index (χ1) is 27.7. The predicted molar refractivity (Wildman–Crippen MR) is 228 cm³/mol. The van der Waals surface area contributed by atoms with Crippen LogP contribution in [-0.2, 0) is 0 Å². The van der Waals surface area contributed by atoms with Crippen LogP contribution in [0.2, 0.25) is 0 Å². The van der Waals surface area contributed by atoms with Crippen LogP contribution in [-0.4, -0.2) is 24.5 Å². The van der Waals surface area contributed by atoms with Gasteiger partial charge in [0.2, 0.25) is 0 Å². The van der Waals surface area contributed by atoms with E-state index in [4.69, 9.17) is 19.4 Å². The van der Waals surface area contributed by atoms with E-state index >= 15 is 0 Å². The second-order valence-corrected chi connectivity index (χ2v) is 14.3. The van der Waals surface area contributed by atoms with Crippen LogP contribution in [0.4, 0.5) is 0 Å². The van der Waals surface area contributed by atoms with Crippen molar-refractivity contribution in [3.63, 3.8) is 0 Å². The van der Waals surface area contributed by atoms with Crippen LogP contribution in [0.3, 0.4) is 0 Å². The molecule has 12 aromatic rings. The summed E-state index contributed by atoms with van der Waals surface area (Å²) in [5.74, 6) is 1.81. The van der Waals surface area contributed by atoms with Crippen molar-refractivity contribution in [2.45, 2.75) is 0 Å². The van der Waals surface area contributed by atoms with Crippen LogP contribution in [0.1, 0.15) is 0 Å². The average molecular weight is 716 g/mol. The zero-order chi connectivity index (χ0) is 36.7. The van der Waals surface area contributed by atoms with Gasteiger partial charge in [0.15, 0.2) is 23.1 Å². The number of para-hydroxylation sites is 1. The summed E-state index contributed by atoms with van der Waals surface area (Å²) in [4.78, 5) is 19.9. The lowest BCUT2D eigenvalue weighted by molar-refractivity contribution is 0.667. The van der Waals surface area contributed by atoms with E-state index in [9.17, 15) is 0 Å². The van der Waals surface area contributed by atoms with Gasteiger partial charge in [0.05, 0.1) is 17.2 Å². The van der Waals surface area contributed by atoms with Crippen molar-refractivity contribution in [3.05, 3.63) is 176 Å². The summed E-state index contributed by atoms with van der Waals surface area (Å²) in [6.45, 7) is 0. The number of benzene rings is 8. The van der Waals surface area contributed by atoms with Crippen LogP contribution in [0.15, 0.2) is 181 Å². The van der Waals surface area contributed by atoms with E-state index in [2.05, 4.69) is 155 Å². The zero-order valence-electron chi connectivity index (χ0n) is 29.9. The van der Waals surface area contributed by atoms with E-state index < -0.39 is 0 Å². The summed E-state index contributed by atoms with van der Waals surface area (Å²) in [7, 11) is 0. The molecule has 0 aliphatic carbocycles. The van der Waals surface area contributed by atoms with Crippen molar-refractivity contribution in [1.82, 2.24) is 24.5 Å². The Hall–Kier alpha value is -7.70. The van der Waals surface area contributed by atoms with Crippen molar-refractivity contribution < 1.29 is 4.42 Å². The quantitative estimate of drug-likeness (QED) is 0.170. The summed E-state index contributed by atoms with van der Waals surface area (Å²) in [6.07, 6.45) is 3.55. The smallest absolute Gasteiger partial charge is 0.164 e. The maximum absolute atomic E-state index is 6.12. The number of fused-ring (bicyclic) bond motifs is 11. The molecular formula is C50H29N5O. The SMILES string of the molecule is c1ccc2c(c1)cc(-c1nc(-c3ccc(-n4c5ccccc5c5ccc6ccccc6c54)cc3)nc(-c3ccc4oc5cnccc5c4c3)n1)c1ccccc12. The van der Waals surface area contributed by atoms with Crippen molar-refractivity contribution in [1.29, 1.82) is 0 Å². The first kappa shape index (κ1) is 30.7. The number of aromatic nitrogens is 5. The molecular weight excluding hydrogens is 687 g/mol. The van der Waals surface area contributed by atoms with Crippen LogP contribution < -0.4 is 0 Å². The van der Waals surface area contributed by atoms with Crippen molar-refractivity contribution in [2.75, 3.05) is 0 Å². The van der Waals surface area contributed by atoms with E-state index in [1.165, 1.54) is 32.4 Å². The molecule has 0 amide bonds. The number of hydrogen-bond acceptors (Lipinski definition) is 5. The predicted octanol–water partition coefficient (Wildman–Crippen LogP) is 12.7. The van der Waals surface area contributed by atoms with E-state index in [-0.39, 0.29) is 0 Å². The van der Waals surface area contributed by atoms with Gasteiger partial charge in [-0.1, -0.05) is 103 Å². The van der Waals surface area contributed by atoms with Crippen molar-refractivity contribution in [3.8, 4) is 39.9 Å². The molecule has 4 aromatic heterocycles. The minimum Gasteiger partial charge on any atom is -0.454 e. The molecule has 8 aromatic carbocycles. The normalized spacial score (nSPS) is 11.9. The first-order valence-corrected chi connectivity index (χ1v) is 18.7. The van der Waals surface area contributed by atoms with Gasteiger partial charge < -0.3 is 8.98 Å². The topological polar surface area (TPSA) is 69.6 Å². The van der Waals surface area contributed by atoms with Gasteiger partial charge in [0.25, 0.3) is 0 Å². The molecule has 0 aliphatic heterocycles. The average Bonchev–Trinajstić information content (AvgIpc) is 3.82. The molecule has 6 heteroatoms. The van der Waals surface area contributed by atoms with Gasteiger partial charge >= 0.3 is 0 Å². The molecule has 12 rings (SSSR count). The van der Waals surface area contributed by atoms with E-state index in [1.54, 1.807) is 12.4 Å². The van der Waals surface area contributed by atoms with Gasteiger partial charge in [0.1, 0.15) is 5.58 Å². The molecule has 0 unspecified atom stereocenters. The third-order valence-corrected chi connectivity index (χ3v) is 11.1. The third kappa shape index (κ3) is 4.63. The molecule has 0 radical (unpaired) electrons. The molecule has 0 N–H and O–H groups in total.